The van der Waals surface area contributed by atoms with Crippen LogP contribution in [0.1, 0.15) is 60.8 Å². The molecule has 0 rings (SSSR count). The maximum atomic E-state index is 12.3. The van der Waals surface area contributed by atoms with Crippen molar-refractivity contribution in [2.45, 2.75) is 77.5 Å². The van der Waals surface area contributed by atoms with Gasteiger partial charge in [-0.3, -0.25) is 4.79 Å². The van der Waals surface area contributed by atoms with Crippen molar-refractivity contribution in [3.05, 3.63) is 0 Å². The van der Waals surface area contributed by atoms with Crippen LogP contribution in [0.4, 0.5) is 0 Å². The van der Waals surface area contributed by atoms with Crippen LogP contribution in [0.15, 0.2) is 0 Å². The van der Waals surface area contributed by atoms with Gasteiger partial charge in [0.25, 0.3) is 0 Å². The van der Waals surface area contributed by atoms with E-state index in [9.17, 15) is 19.2 Å². The molecular weight excluding hydrogens is 330 g/mol. The minimum atomic E-state index is -2.05. The first kappa shape index (κ1) is 23.0. The van der Waals surface area contributed by atoms with E-state index in [1.54, 1.807) is 41.5 Å². The normalized spacial score (nSPS) is 14.2. The SMILES string of the molecule is COC(=O)[C@@](N)(CCCC(=O)C(=O)OC(C)(C)C)C(=O)OC(C)(C)C. The lowest BCUT2D eigenvalue weighted by Crippen LogP contribution is -2.57. The van der Waals surface area contributed by atoms with Crippen LogP contribution in [-0.4, -0.2) is 47.5 Å². The summed E-state index contributed by atoms with van der Waals surface area (Å²) in [5.74, 6) is -3.64. The van der Waals surface area contributed by atoms with E-state index in [1.807, 2.05) is 0 Å². The number of hydrogen-bond donors (Lipinski definition) is 1. The van der Waals surface area contributed by atoms with Crippen molar-refractivity contribution in [1.29, 1.82) is 0 Å². The molecule has 0 aromatic heterocycles. The molecule has 0 radical (unpaired) electrons. The standard InChI is InChI=1S/C17H29NO7/c1-15(2,3)24-12(20)11(19)9-8-10-17(18,13(21)23-7)14(22)25-16(4,5)6/h8-10,18H2,1-7H3/t17-/m0/s1. The fraction of sp³-hybridized carbons (Fsp3) is 0.765. The Morgan fingerprint density at radius 2 is 1.32 bits per heavy atom. The Kier molecular flexibility index (Phi) is 7.76. The Morgan fingerprint density at radius 3 is 1.72 bits per heavy atom. The zero-order chi connectivity index (χ0) is 20.1. The third kappa shape index (κ3) is 8.11. The van der Waals surface area contributed by atoms with Gasteiger partial charge in [0.15, 0.2) is 0 Å². The van der Waals surface area contributed by atoms with Gasteiger partial charge >= 0.3 is 17.9 Å². The van der Waals surface area contributed by atoms with Crippen molar-refractivity contribution in [3.8, 4) is 0 Å². The van der Waals surface area contributed by atoms with E-state index < -0.39 is 40.4 Å². The van der Waals surface area contributed by atoms with Crippen molar-refractivity contribution in [2.75, 3.05) is 7.11 Å². The Hall–Kier alpha value is -1.96. The van der Waals surface area contributed by atoms with Crippen LogP contribution in [0, 0.1) is 0 Å². The van der Waals surface area contributed by atoms with Crippen LogP contribution in [0.2, 0.25) is 0 Å². The van der Waals surface area contributed by atoms with Crippen LogP contribution < -0.4 is 5.73 Å². The molecule has 144 valence electrons. The van der Waals surface area contributed by atoms with Gasteiger partial charge in [-0.15, -0.1) is 0 Å². The molecule has 1 atom stereocenters. The summed E-state index contributed by atoms with van der Waals surface area (Å²) in [4.78, 5) is 47.6. The molecule has 0 fully saturated rings. The molecule has 0 bridgehead atoms. The van der Waals surface area contributed by atoms with E-state index in [-0.39, 0.29) is 19.3 Å². The number of ketones is 1. The number of ether oxygens (including phenoxy) is 3. The van der Waals surface area contributed by atoms with Crippen LogP contribution >= 0.6 is 0 Å². The first-order chi connectivity index (χ1) is 11.1. The molecule has 0 aromatic carbocycles. The molecule has 8 nitrogen and oxygen atoms in total. The van der Waals surface area contributed by atoms with Crippen LogP contribution in [-0.2, 0) is 33.4 Å². The summed E-state index contributed by atoms with van der Waals surface area (Å²) < 4.78 is 14.7. The van der Waals surface area contributed by atoms with Gasteiger partial charge in [-0.05, 0) is 54.4 Å². The quantitative estimate of drug-likeness (QED) is 0.312. The minimum absolute atomic E-state index is 0.0168. The maximum absolute atomic E-state index is 12.3. The van der Waals surface area contributed by atoms with E-state index in [4.69, 9.17) is 15.2 Å². The number of hydrogen-bond acceptors (Lipinski definition) is 8. The third-order valence-corrected chi connectivity index (χ3v) is 2.91. The molecule has 0 heterocycles. The monoisotopic (exact) mass is 359 g/mol. The van der Waals surface area contributed by atoms with E-state index in [1.165, 1.54) is 0 Å². The largest absolute Gasteiger partial charge is 0.467 e. The smallest absolute Gasteiger partial charge is 0.375 e. The van der Waals surface area contributed by atoms with Crippen LogP contribution in [0.5, 0.6) is 0 Å². The zero-order valence-electron chi connectivity index (χ0n) is 16.1. The van der Waals surface area contributed by atoms with Crippen LogP contribution in [0.3, 0.4) is 0 Å². The van der Waals surface area contributed by atoms with Gasteiger partial charge in [0.05, 0.1) is 7.11 Å². The number of esters is 3. The summed E-state index contributed by atoms with van der Waals surface area (Å²) in [6, 6.07) is 0. The highest BCUT2D eigenvalue weighted by Gasteiger charge is 2.46. The van der Waals surface area contributed by atoms with Crippen molar-refractivity contribution in [2.24, 2.45) is 5.73 Å². The van der Waals surface area contributed by atoms with Gasteiger partial charge in [-0.25, -0.2) is 14.4 Å². The molecule has 0 aliphatic rings. The van der Waals surface area contributed by atoms with Crippen molar-refractivity contribution in [1.82, 2.24) is 0 Å². The summed E-state index contributed by atoms with van der Waals surface area (Å²) in [7, 11) is 1.10. The van der Waals surface area contributed by atoms with Gasteiger partial charge in [0, 0.05) is 6.42 Å². The molecule has 0 aromatic rings. The molecule has 25 heavy (non-hydrogen) atoms. The second-order valence-corrected chi connectivity index (χ2v) is 7.74. The average Bonchev–Trinajstić information content (AvgIpc) is 2.42. The van der Waals surface area contributed by atoms with Gasteiger partial charge in [0.1, 0.15) is 11.2 Å². The Labute approximate surface area is 148 Å². The summed E-state index contributed by atoms with van der Waals surface area (Å²) in [6.45, 7) is 9.83. The van der Waals surface area contributed by atoms with E-state index >= 15 is 0 Å². The van der Waals surface area contributed by atoms with Gasteiger partial charge < -0.3 is 19.9 Å². The Balaban J connectivity index is 4.91. The lowest BCUT2D eigenvalue weighted by atomic mass is 9.92. The fourth-order valence-corrected chi connectivity index (χ4v) is 1.80. The molecule has 0 aliphatic heterocycles. The average molecular weight is 359 g/mol. The lowest BCUT2D eigenvalue weighted by molar-refractivity contribution is -0.171. The third-order valence-electron chi connectivity index (χ3n) is 2.91. The summed E-state index contributed by atoms with van der Waals surface area (Å²) in [5.41, 5.74) is 2.21. The molecule has 0 spiro atoms. The molecule has 0 amide bonds. The molecule has 0 aliphatic carbocycles. The predicted molar refractivity (Wildman–Crippen MR) is 89.5 cm³/mol. The summed E-state index contributed by atoms with van der Waals surface area (Å²) >= 11 is 0. The Bertz CT molecular complexity index is 528. The highest BCUT2D eigenvalue weighted by molar-refractivity contribution is 6.33. The first-order valence-corrected chi connectivity index (χ1v) is 7.99. The maximum Gasteiger partial charge on any atom is 0.375 e. The molecule has 2 N–H and O–H groups in total. The molecule has 0 saturated carbocycles. The van der Waals surface area contributed by atoms with Crippen molar-refractivity contribution in [3.63, 3.8) is 0 Å². The molecule has 0 unspecified atom stereocenters. The van der Waals surface area contributed by atoms with E-state index in [0.29, 0.717) is 0 Å². The fourth-order valence-electron chi connectivity index (χ4n) is 1.80. The Morgan fingerprint density at radius 1 is 0.840 bits per heavy atom. The highest BCUT2D eigenvalue weighted by atomic mass is 16.6. The topological polar surface area (TPSA) is 122 Å². The van der Waals surface area contributed by atoms with Gasteiger partial charge in [-0.2, -0.15) is 0 Å². The number of carbonyl (C=O) groups excluding carboxylic acids is 4. The zero-order valence-corrected chi connectivity index (χ0v) is 16.1. The molecule has 8 heteroatoms. The molecule has 0 saturated heterocycles. The minimum Gasteiger partial charge on any atom is -0.467 e. The van der Waals surface area contributed by atoms with Gasteiger partial charge in [0.2, 0.25) is 11.3 Å². The second kappa shape index (κ2) is 8.42. The van der Waals surface area contributed by atoms with Gasteiger partial charge in [-0.1, -0.05) is 0 Å². The number of carbonyl (C=O) groups is 4. The summed E-state index contributed by atoms with van der Waals surface area (Å²) in [5, 5.41) is 0. The summed E-state index contributed by atoms with van der Waals surface area (Å²) in [6.07, 6.45) is -0.403. The van der Waals surface area contributed by atoms with Crippen molar-refractivity contribution >= 4 is 23.7 Å². The van der Waals surface area contributed by atoms with E-state index in [0.717, 1.165) is 7.11 Å². The number of Topliss-reactive ketones (excluding diaryl/α,β-unsaturated/α-hetero) is 1. The molecular formula is C17H29NO7. The number of methoxy groups -OCH3 is 1. The van der Waals surface area contributed by atoms with Crippen LogP contribution in [0.25, 0.3) is 0 Å². The first-order valence-electron chi connectivity index (χ1n) is 7.99. The predicted octanol–water partition coefficient (Wildman–Crippen LogP) is 1.28. The lowest BCUT2D eigenvalue weighted by Gasteiger charge is -2.29. The van der Waals surface area contributed by atoms with E-state index in [2.05, 4.69) is 4.74 Å². The highest BCUT2D eigenvalue weighted by Crippen LogP contribution is 2.20. The second-order valence-electron chi connectivity index (χ2n) is 7.74. The number of nitrogens with two attached hydrogens (primary N) is 1. The van der Waals surface area contributed by atoms with Crippen molar-refractivity contribution < 1.29 is 33.4 Å². The number of rotatable bonds is 7.